The topological polar surface area (TPSA) is 71.3 Å². The average Bonchev–Trinajstić information content (AvgIpc) is 2.94. The molecule has 0 atom stereocenters. The molecule has 11 heteroatoms. The number of hydrogen-bond acceptors (Lipinski definition) is 5. The molecule has 0 bridgehead atoms. The first-order chi connectivity index (χ1) is 13.9. The molecule has 0 unspecified atom stereocenters. The van der Waals surface area contributed by atoms with Crippen LogP contribution in [0.3, 0.4) is 0 Å². The summed E-state index contributed by atoms with van der Waals surface area (Å²) in [5, 5.41) is 4.44. The summed E-state index contributed by atoms with van der Waals surface area (Å²) in [7, 11) is -3.85. The van der Waals surface area contributed by atoms with Crippen LogP contribution in [0.1, 0.15) is 29.6 Å². The predicted octanol–water partition coefficient (Wildman–Crippen LogP) is 2.44. The number of aryl methyl sites for hydroxylation is 3. The van der Waals surface area contributed by atoms with Gasteiger partial charge in [0.2, 0.25) is 10.0 Å². The van der Waals surface area contributed by atoms with Crippen molar-refractivity contribution in [2.45, 2.75) is 44.9 Å². The maximum Gasteiger partial charge on any atom is 0.433 e. The zero-order chi connectivity index (χ0) is 21.9. The highest BCUT2D eigenvalue weighted by Gasteiger charge is 2.55. The molecule has 2 saturated heterocycles. The lowest BCUT2D eigenvalue weighted by Gasteiger charge is -2.59. The van der Waals surface area contributed by atoms with Crippen LogP contribution in [0.2, 0.25) is 0 Å². The quantitative estimate of drug-likeness (QED) is 0.710. The minimum Gasteiger partial charge on any atom is -0.298 e. The standard InChI is InChI=1S/C19H24F3N5O2S/c1-4-26-8-15(13(2)24-26)7-25-9-18(10-25)11-27(12-18)30(28,29)16-5-6-17(19(20,21)22)23-14(16)3/h5-6,8H,4,7,9-12H2,1-3H3. The van der Waals surface area contributed by atoms with Crippen molar-refractivity contribution >= 4 is 10.0 Å². The van der Waals surface area contributed by atoms with Gasteiger partial charge in [0.05, 0.1) is 11.4 Å². The highest BCUT2D eigenvalue weighted by Crippen LogP contribution is 2.43. The molecule has 2 aromatic rings. The summed E-state index contributed by atoms with van der Waals surface area (Å²) < 4.78 is 67.3. The largest absolute Gasteiger partial charge is 0.433 e. The van der Waals surface area contributed by atoms with Crippen molar-refractivity contribution in [3.05, 3.63) is 41.0 Å². The van der Waals surface area contributed by atoms with Gasteiger partial charge in [-0.25, -0.2) is 13.4 Å². The Balaban J connectivity index is 1.38. The molecule has 0 amide bonds. The highest BCUT2D eigenvalue weighted by molar-refractivity contribution is 7.89. The summed E-state index contributed by atoms with van der Waals surface area (Å²) in [4.78, 5) is 5.55. The van der Waals surface area contributed by atoms with Gasteiger partial charge < -0.3 is 0 Å². The van der Waals surface area contributed by atoms with Crippen LogP contribution >= 0.6 is 0 Å². The van der Waals surface area contributed by atoms with Gasteiger partial charge >= 0.3 is 6.18 Å². The molecule has 0 radical (unpaired) electrons. The average molecular weight is 443 g/mol. The van der Waals surface area contributed by atoms with Gasteiger partial charge in [-0.1, -0.05) is 0 Å². The molecule has 164 valence electrons. The Morgan fingerprint density at radius 1 is 1.10 bits per heavy atom. The molecule has 0 saturated carbocycles. The van der Waals surface area contributed by atoms with Crippen LogP contribution in [-0.4, -0.2) is 58.6 Å². The van der Waals surface area contributed by atoms with E-state index in [0.29, 0.717) is 13.1 Å². The van der Waals surface area contributed by atoms with Crippen LogP contribution in [0.5, 0.6) is 0 Å². The zero-order valence-corrected chi connectivity index (χ0v) is 17.9. The molecule has 30 heavy (non-hydrogen) atoms. The number of sulfonamides is 1. The summed E-state index contributed by atoms with van der Waals surface area (Å²) in [5.41, 5.74) is 0.872. The van der Waals surface area contributed by atoms with Crippen LogP contribution in [0.15, 0.2) is 23.2 Å². The van der Waals surface area contributed by atoms with E-state index in [1.165, 1.54) is 16.8 Å². The van der Waals surface area contributed by atoms with Gasteiger partial charge in [0.15, 0.2) is 0 Å². The Bertz CT molecular complexity index is 1070. The molecule has 7 nitrogen and oxygen atoms in total. The molecule has 0 N–H and O–H groups in total. The molecule has 2 aliphatic rings. The fraction of sp³-hybridized carbons (Fsp3) is 0.579. The number of likely N-dealkylation sites (tertiary alicyclic amines) is 1. The second kappa shape index (κ2) is 7.03. The van der Waals surface area contributed by atoms with E-state index >= 15 is 0 Å². The molecule has 1 spiro atoms. The Labute approximate surface area is 173 Å². The monoisotopic (exact) mass is 443 g/mol. The maximum absolute atomic E-state index is 12.9. The number of halogens is 3. The van der Waals surface area contributed by atoms with Gasteiger partial charge in [-0.3, -0.25) is 9.58 Å². The minimum absolute atomic E-state index is 0.0744. The van der Waals surface area contributed by atoms with Crippen molar-refractivity contribution in [3.63, 3.8) is 0 Å². The van der Waals surface area contributed by atoms with Gasteiger partial charge in [-0.2, -0.15) is 22.6 Å². The molecule has 2 aromatic heterocycles. The summed E-state index contributed by atoms with van der Waals surface area (Å²) >= 11 is 0. The van der Waals surface area contributed by atoms with Gasteiger partial charge in [-0.05, 0) is 32.9 Å². The van der Waals surface area contributed by atoms with E-state index in [9.17, 15) is 21.6 Å². The van der Waals surface area contributed by atoms with E-state index in [1.54, 1.807) is 0 Å². The van der Waals surface area contributed by atoms with Crippen LogP contribution in [0.4, 0.5) is 13.2 Å². The molecule has 2 fully saturated rings. The highest BCUT2D eigenvalue weighted by atomic mass is 32.2. The van der Waals surface area contributed by atoms with Crippen molar-refractivity contribution in [2.24, 2.45) is 5.41 Å². The van der Waals surface area contributed by atoms with Crippen molar-refractivity contribution in [2.75, 3.05) is 26.2 Å². The van der Waals surface area contributed by atoms with Gasteiger partial charge in [-0.15, -0.1) is 0 Å². The summed E-state index contributed by atoms with van der Waals surface area (Å²) in [6.45, 7) is 9.24. The Morgan fingerprint density at radius 3 is 2.30 bits per heavy atom. The van der Waals surface area contributed by atoms with E-state index < -0.39 is 21.9 Å². The first kappa shape index (κ1) is 21.3. The van der Waals surface area contributed by atoms with E-state index in [1.807, 2.05) is 24.7 Å². The lowest BCUT2D eigenvalue weighted by atomic mass is 9.74. The molecule has 0 aromatic carbocycles. The lowest BCUT2D eigenvalue weighted by molar-refractivity contribution is -0.141. The zero-order valence-electron chi connectivity index (χ0n) is 17.1. The summed E-state index contributed by atoms with van der Waals surface area (Å²) in [5.74, 6) is 0. The summed E-state index contributed by atoms with van der Waals surface area (Å²) in [6.07, 6.45) is -2.56. The fourth-order valence-electron chi connectivity index (χ4n) is 4.32. The maximum atomic E-state index is 12.9. The van der Waals surface area contributed by atoms with Crippen molar-refractivity contribution in [1.29, 1.82) is 0 Å². The fourth-order valence-corrected chi connectivity index (χ4v) is 6.15. The van der Waals surface area contributed by atoms with E-state index in [-0.39, 0.29) is 16.0 Å². The number of nitrogens with zero attached hydrogens (tertiary/aromatic N) is 5. The van der Waals surface area contributed by atoms with Gasteiger partial charge in [0, 0.05) is 56.4 Å². The summed E-state index contributed by atoms with van der Waals surface area (Å²) in [6, 6.07) is 1.73. The Morgan fingerprint density at radius 2 is 1.77 bits per heavy atom. The van der Waals surface area contributed by atoms with Crippen LogP contribution < -0.4 is 0 Å². The normalized spacial score (nSPS) is 19.7. The van der Waals surface area contributed by atoms with E-state index in [2.05, 4.69) is 15.0 Å². The van der Waals surface area contributed by atoms with E-state index in [0.717, 1.165) is 44.0 Å². The smallest absolute Gasteiger partial charge is 0.298 e. The van der Waals surface area contributed by atoms with Crippen molar-refractivity contribution in [1.82, 2.24) is 24.0 Å². The first-order valence-corrected chi connectivity index (χ1v) is 11.2. The third-order valence-electron chi connectivity index (χ3n) is 5.85. The number of aromatic nitrogens is 3. The number of rotatable bonds is 5. The van der Waals surface area contributed by atoms with Gasteiger partial charge in [0.25, 0.3) is 0 Å². The first-order valence-electron chi connectivity index (χ1n) is 9.74. The Kier molecular flexibility index (Phi) is 4.98. The van der Waals surface area contributed by atoms with Crippen LogP contribution in [0, 0.1) is 19.3 Å². The third-order valence-corrected chi connectivity index (χ3v) is 7.78. The lowest BCUT2D eigenvalue weighted by Crippen LogP contribution is -2.72. The van der Waals surface area contributed by atoms with E-state index in [4.69, 9.17) is 0 Å². The van der Waals surface area contributed by atoms with Gasteiger partial charge in [0.1, 0.15) is 10.6 Å². The predicted molar refractivity (Wildman–Crippen MR) is 103 cm³/mol. The molecular formula is C19H24F3N5O2S. The van der Waals surface area contributed by atoms with Crippen molar-refractivity contribution in [3.8, 4) is 0 Å². The number of alkyl halides is 3. The molecule has 2 aliphatic heterocycles. The molecule has 0 aliphatic carbocycles. The second-order valence-electron chi connectivity index (χ2n) is 8.29. The van der Waals surface area contributed by atoms with Crippen molar-refractivity contribution < 1.29 is 21.6 Å². The second-order valence-corrected chi connectivity index (χ2v) is 10.2. The number of hydrogen-bond donors (Lipinski definition) is 0. The SMILES string of the molecule is CCn1cc(CN2CC3(C2)CN(S(=O)(=O)c2ccc(C(F)(F)F)nc2C)C3)c(C)n1. The molecule has 4 heterocycles. The van der Waals surface area contributed by atoms with Crippen LogP contribution in [-0.2, 0) is 29.3 Å². The molecular weight excluding hydrogens is 419 g/mol. The van der Waals surface area contributed by atoms with Crippen LogP contribution in [0.25, 0.3) is 0 Å². The number of pyridine rings is 1. The minimum atomic E-state index is -4.60. The third kappa shape index (κ3) is 3.63. The Hall–Kier alpha value is -1.98. The molecule has 4 rings (SSSR count).